The standard InChI is InChI=1S/C23H28N2O4/c1-29-20-10-6-18(7-11-20)8-12-22(27)24-14-16-25(17-15-24)23(28)13-9-19-4-2-3-5-21(19)26/h2-7,10-11,26H,8-9,12-17H2,1H3. The Morgan fingerprint density at radius 1 is 0.862 bits per heavy atom. The van der Waals surface area contributed by atoms with Crippen LogP contribution in [0.3, 0.4) is 0 Å². The molecule has 0 saturated carbocycles. The number of benzene rings is 2. The highest BCUT2D eigenvalue weighted by molar-refractivity contribution is 5.78. The summed E-state index contributed by atoms with van der Waals surface area (Å²) in [4.78, 5) is 28.6. The van der Waals surface area contributed by atoms with Gasteiger partial charge in [0, 0.05) is 39.0 Å². The number of hydrogen-bond acceptors (Lipinski definition) is 4. The number of amides is 2. The van der Waals surface area contributed by atoms with Crippen LogP contribution >= 0.6 is 0 Å². The van der Waals surface area contributed by atoms with E-state index in [9.17, 15) is 14.7 Å². The van der Waals surface area contributed by atoms with E-state index in [0.29, 0.717) is 51.9 Å². The van der Waals surface area contributed by atoms with E-state index in [0.717, 1.165) is 16.9 Å². The molecule has 0 unspecified atom stereocenters. The fourth-order valence-corrected chi connectivity index (χ4v) is 3.53. The van der Waals surface area contributed by atoms with Gasteiger partial charge in [-0.1, -0.05) is 30.3 Å². The van der Waals surface area contributed by atoms with Gasteiger partial charge in [-0.2, -0.15) is 0 Å². The van der Waals surface area contributed by atoms with Crippen molar-refractivity contribution in [1.29, 1.82) is 0 Å². The van der Waals surface area contributed by atoms with Crippen molar-refractivity contribution in [2.24, 2.45) is 0 Å². The van der Waals surface area contributed by atoms with E-state index >= 15 is 0 Å². The highest BCUT2D eigenvalue weighted by atomic mass is 16.5. The summed E-state index contributed by atoms with van der Waals surface area (Å²) in [5.74, 6) is 1.23. The molecule has 29 heavy (non-hydrogen) atoms. The van der Waals surface area contributed by atoms with E-state index in [1.807, 2.05) is 46.2 Å². The van der Waals surface area contributed by atoms with Gasteiger partial charge in [0.25, 0.3) is 0 Å². The van der Waals surface area contributed by atoms with Crippen LogP contribution < -0.4 is 4.74 Å². The molecule has 6 nitrogen and oxygen atoms in total. The number of aryl methyl sites for hydroxylation is 2. The molecule has 1 N–H and O–H groups in total. The Balaban J connectivity index is 1.40. The number of phenolic OH excluding ortho intramolecular Hbond substituents is 1. The Kier molecular flexibility index (Phi) is 7.11. The third-order valence-corrected chi connectivity index (χ3v) is 5.37. The second-order valence-electron chi connectivity index (χ2n) is 7.24. The monoisotopic (exact) mass is 396 g/mol. The lowest BCUT2D eigenvalue weighted by Gasteiger charge is -2.35. The first-order valence-corrected chi connectivity index (χ1v) is 10.0. The van der Waals surface area contributed by atoms with Crippen LogP contribution in [0.2, 0.25) is 0 Å². The smallest absolute Gasteiger partial charge is 0.223 e. The molecule has 1 saturated heterocycles. The molecule has 1 heterocycles. The molecule has 2 amide bonds. The molecule has 0 atom stereocenters. The van der Waals surface area contributed by atoms with Gasteiger partial charge in [0.1, 0.15) is 11.5 Å². The van der Waals surface area contributed by atoms with E-state index in [1.54, 1.807) is 19.2 Å². The van der Waals surface area contributed by atoms with Gasteiger partial charge in [-0.05, 0) is 42.2 Å². The number of ether oxygens (including phenoxy) is 1. The number of para-hydroxylation sites is 1. The molecule has 0 aromatic heterocycles. The fraction of sp³-hybridized carbons (Fsp3) is 0.391. The maximum atomic E-state index is 12.5. The van der Waals surface area contributed by atoms with Crippen LogP contribution in [0.5, 0.6) is 11.5 Å². The molecule has 3 rings (SSSR count). The largest absolute Gasteiger partial charge is 0.508 e. The number of piperazine rings is 1. The second kappa shape index (κ2) is 9.96. The van der Waals surface area contributed by atoms with Crippen molar-refractivity contribution in [3.63, 3.8) is 0 Å². The quantitative estimate of drug-likeness (QED) is 0.781. The SMILES string of the molecule is COc1ccc(CCC(=O)N2CCN(C(=O)CCc3ccccc3O)CC2)cc1. The van der Waals surface area contributed by atoms with Crippen LogP contribution in [0.15, 0.2) is 48.5 Å². The summed E-state index contributed by atoms with van der Waals surface area (Å²) in [5, 5.41) is 9.81. The van der Waals surface area contributed by atoms with E-state index in [1.165, 1.54) is 0 Å². The Morgan fingerprint density at radius 3 is 1.97 bits per heavy atom. The van der Waals surface area contributed by atoms with Crippen molar-refractivity contribution in [2.45, 2.75) is 25.7 Å². The summed E-state index contributed by atoms with van der Waals surface area (Å²) in [5.41, 5.74) is 1.89. The number of nitrogens with zero attached hydrogens (tertiary/aromatic N) is 2. The minimum atomic E-state index is 0.0681. The molecule has 0 radical (unpaired) electrons. The Morgan fingerprint density at radius 2 is 1.41 bits per heavy atom. The molecular formula is C23H28N2O4. The Bertz CT molecular complexity index is 827. The molecule has 1 aliphatic rings. The number of rotatable bonds is 7. The average Bonchev–Trinajstić information content (AvgIpc) is 2.77. The van der Waals surface area contributed by atoms with E-state index in [-0.39, 0.29) is 17.6 Å². The molecule has 6 heteroatoms. The molecule has 0 aliphatic carbocycles. The zero-order chi connectivity index (χ0) is 20.6. The van der Waals surface area contributed by atoms with Crippen molar-refractivity contribution >= 4 is 11.8 Å². The van der Waals surface area contributed by atoms with E-state index in [4.69, 9.17) is 4.74 Å². The summed E-state index contributed by atoms with van der Waals surface area (Å²) in [7, 11) is 1.63. The number of phenols is 1. The molecule has 2 aromatic rings. The molecule has 0 spiro atoms. The predicted molar refractivity (Wildman–Crippen MR) is 111 cm³/mol. The van der Waals surface area contributed by atoms with Crippen molar-refractivity contribution in [2.75, 3.05) is 33.3 Å². The molecule has 154 valence electrons. The lowest BCUT2D eigenvalue weighted by molar-refractivity contribution is -0.139. The highest BCUT2D eigenvalue weighted by Gasteiger charge is 2.23. The third kappa shape index (κ3) is 5.73. The zero-order valence-corrected chi connectivity index (χ0v) is 16.8. The molecule has 1 aliphatic heterocycles. The van der Waals surface area contributed by atoms with Gasteiger partial charge >= 0.3 is 0 Å². The fourth-order valence-electron chi connectivity index (χ4n) is 3.53. The summed E-state index contributed by atoms with van der Waals surface area (Å²) in [6.45, 7) is 2.27. The third-order valence-electron chi connectivity index (χ3n) is 5.37. The Hall–Kier alpha value is -3.02. The van der Waals surface area contributed by atoms with Crippen molar-refractivity contribution in [3.05, 3.63) is 59.7 Å². The summed E-state index contributed by atoms with van der Waals surface area (Å²) < 4.78 is 5.15. The summed E-state index contributed by atoms with van der Waals surface area (Å²) in [6, 6.07) is 14.9. The topological polar surface area (TPSA) is 70.1 Å². The van der Waals surface area contributed by atoms with Crippen LogP contribution in [0.4, 0.5) is 0 Å². The minimum Gasteiger partial charge on any atom is -0.508 e. The van der Waals surface area contributed by atoms with Crippen LogP contribution in [-0.4, -0.2) is 60.0 Å². The second-order valence-corrected chi connectivity index (χ2v) is 7.24. The van der Waals surface area contributed by atoms with E-state index < -0.39 is 0 Å². The van der Waals surface area contributed by atoms with Gasteiger partial charge < -0.3 is 19.6 Å². The molecule has 1 fully saturated rings. The molecular weight excluding hydrogens is 368 g/mol. The highest BCUT2D eigenvalue weighted by Crippen LogP contribution is 2.18. The number of hydrogen-bond donors (Lipinski definition) is 1. The predicted octanol–water partition coefficient (Wildman–Crippen LogP) is 2.64. The van der Waals surface area contributed by atoms with Crippen molar-refractivity contribution in [3.8, 4) is 11.5 Å². The maximum absolute atomic E-state index is 12.5. The maximum Gasteiger partial charge on any atom is 0.223 e. The molecule has 0 bridgehead atoms. The molecule has 2 aromatic carbocycles. The lowest BCUT2D eigenvalue weighted by atomic mass is 10.1. The minimum absolute atomic E-state index is 0.0681. The first-order chi connectivity index (χ1) is 14.1. The van der Waals surface area contributed by atoms with Crippen molar-refractivity contribution < 1.29 is 19.4 Å². The first-order valence-electron chi connectivity index (χ1n) is 10.0. The van der Waals surface area contributed by atoms with Crippen molar-refractivity contribution in [1.82, 2.24) is 9.80 Å². The van der Waals surface area contributed by atoms with Crippen LogP contribution in [0.25, 0.3) is 0 Å². The zero-order valence-electron chi connectivity index (χ0n) is 16.8. The van der Waals surface area contributed by atoms with Crippen LogP contribution in [0.1, 0.15) is 24.0 Å². The average molecular weight is 396 g/mol. The summed E-state index contributed by atoms with van der Waals surface area (Å²) in [6.07, 6.45) is 2.05. The Labute approximate surface area is 171 Å². The number of methoxy groups -OCH3 is 1. The van der Waals surface area contributed by atoms with E-state index in [2.05, 4.69) is 0 Å². The number of carbonyl (C=O) groups is 2. The van der Waals surface area contributed by atoms with Gasteiger partial charge in [-0.3, -0.25) is 9.59 Å². The van der Waals surface area contributed by atoms with Gasteiger partial charge in [0.05, 0.1) is 7.11 Å². The van der Waals surface area contributed by atoms with Gasteiger partial charge in [-0.25, -0.2) is 0 Å². The van der Waals surface area contributed by atoms with Gasteiger partial charge in [0.15, 0.2) is 0 Å². The lowest BCUT2D eigenvalue weighted by Crippen LogP contribution is -2.50. The normalized spacial score (nSPS) is 14.0. The number of aromatic hydroxyl groups is 1. The summed E-state index contributed by atoms with van der Waals surface area (Å²) >= 11 is 0. The number of carbonyl (C=O) groups excluding carboxylic acids is 2. The van der Waals surface area contributed by atoms with Gasteiger partial charge in [0.2, 0.25) is 11.8 Å². The van der Waals surface area contributed by atoms with Crippen LogP contribution in [-0.2, 0) is 22.4 Å². The first kappa shape index (κ1) is 20.7. The van der Waals surface area contributed by atoms with Crippen LogP contribution in [0, 0.1) is 0 Å². The van der Waals surface area contributed by atoms with Gasteiger partial charge in [-0.15, -0.1) is 0 Å².